The van der Waals surface area contributed by atoms with E-state index in [1.807, 2.05) is 48.7 Å². The Morgan fingerprint density at radius 2 is 1.30 bits per heavy atom. The van der Waals surface area contributed by atoms with Crippen LogP contribution in [0, 0.1) is 19.0 Å². The van der Waals surface area contributed by atoms with Crippen LogP contribution in [0.3, 0.4) is 0 Å². The summed E-state index contributed by atoms with van der Waals surface area (Å²) in [5.41, 5.74) is 13.4. The van der Waals surface area contributed by atoms with Crippen molar-refractivity contribution >= 4 is 81.0 Å². The molecule has 0 saturated carbocycles. The zero-order chi connectivity index (χ0) is 54.2. The van der Waals surface area contributed by atoms with Gasteiger partial charge in [-0.2, -0.15) is 0 Å². The van der Waals surface area contributed by atoms with Crippen molar-refractivity contribution in [2.75, 3.05) is 0 Å². The Kier molecular flexibility index (Phi) is 13.3. The number of hydrogen-bond donors (Lipinski definition) is 0. The van der Waals surface area contributed by atoms with Gasteiger partial charge in [-0.25, -0.2) is 0 Å². The number of pyridine rings is 1. The third kappa shape index (κ3) is 10.0. The average molecular weight is 1180 g/mol. The van der Waals surface area contributed by atoms with Crippen molar-refractivity contribution in [1.29, 1.82) is 0 Å². The van der Waals surface area contributed by atoms with Gasteiger partial charge in [-0.3, -0.25) is 4.98 Å². The molecule has 0 aliphatic heterocycles. The Hall–Kier alpha value is -6.22. The number of fused-ring (bicyclic) bond motifs is 7. The third-order valence-electron chi connectivity index (χ3n) is 14.4. The summed E-state index contributed by atoms with van der Waals surface area (Å²) in [6.07, 6.45) is 1.87. The number of para-hydroxylation sites is 2. The Labute approximate surface area is 458 Å². The molecule has 1 radical (unpaired) electrons. The summed E-state index contributed by atoms with van der Waals surface area (Å²) >= 11 is 0. The van der Waals surface area contributed by atoms with Gasteiger partial charge in [0.1, 0.15) is 5.58 Å². The van der Waals surface area contributed by atoms with E-state index in [4.69, 9.17) is 13.5 Å². The second-order valence-corrected chi connectivity index (χ2v) is 33.7. The summed E-state index contributed by atoms with van der Waals surface area (Å²) in [5.74, 6) is 1.03. The molecule has 3 heterocycles. The van der Waals surface area contributed by atoms with E-state index in [-0.39, 0.29) is 42.9 Å². The fourth-order valence-electron chi connectivity index (χ4n) is 10.2. The largest absolute Gasteiger partial charge is 0.501 e. The molecule has 377 valence electrons. The molecular weight excluding hydrogens is 1110 g/mol. The first-order valence-corrected chi connectivity index (χ1v) is 32.9. The Bertz CT molecular complexity index is 3940. The number of aryl methyl sites for hydroxylation is 1. The van der Waals surface area contributed by atoms with E-state index >= 15 is 0 Å². The molecule has 4 nitrogen and oxygen atoms in total. The molecule has 0 N–H and O–H groups in total. The predicted octanol–water partition coefficient (Wildman–Crippen LogP) is 17.9. The maximum absolute atomic E-state index is 8.67. The fourth-order valence-corrected chi connectivity index (χ4v) is 12.7. The van der Waals surface area contributed by atoms with Crippen LogP contribution in [-0.4, -0.2) is 30.7 Å². The van der Waals surface area contributed by atoms with Crippen molar-refractivity contribution in [2.24, 2.45) is 0 Å². The molecule has 3 aromatic heterocycles. The SMILES string of the molecule is CC(C)(C)c1ccnc(-c2[c-]cccc2)c1.[2H]C([2H])([2H])c1c[c-]c(-c2nc3ccccc3n2-c2c(C(C)C)cc(-c3cc([Si](C)(C)C)cc([Si](C)(C)C)c3)cc2C(C)C)c2oc3cc4c(ccc5ccccc54)cc3c12.[Ir]. The van der Waals surface area contributed by atoms with Gasteiger partial charge in [0.25, 0.3) is 0 Å². The van der Waals surface area contributed by atoms with Crippen LogP contribution < -0.4 is 10.4 Å². The van der Waals surface area contributed by atoms with Crippen molar-refractivity contribution in [2.45, 2.75) is 112 Å². The van der Waals surface area contributed by atoms with Gasteiger partial charge in [0.15, 0.2) is 0 Å². The zero-order valence-corrected chi connectivity index (χ0v) is 49.6. The van der Waals surface area contributed by atoms with E-state index in [0.717, 1.165) is 54.9 Å². The summed E-state index contributed by atoms with van der Waals surface area (Å²) in [6.45, 7) is 28.0. The molecular formula is C67H69IrN3OSi2-2. The van der Waals surface area contributed by atoms with Gasteiger partial charge in [-0.05, 0) is 115 Å². The molecule has 11 rings (SSSR count). The molecule has 0 spiro atoms. The van der Waals surface area contributed by atoms with Crippen LogP contribution >= 0.6 is 0 Å². The number of nitrogens with zero attached hydrogens (tertiary/aromatic N) is 3. The van der Waals surface area contributed by atoms with Crippen molar-refractivity contribution in [3.8, 4) is 39.5 Å². The van der Waals surface area contributed by atoms with E-state index < -0.39 is 23.0 Å². The van der Waals surface area contributed by atoms with Crippen molar-refractivity contribution in [1.82, 2.24) is 14.5 Å². The van der Waals surface area contributed by atoms with E-state index in [1.165, 1.54) is 38.2 Å². The minimum absolute atomic E-state index is 0. The van der Waals surface area contributed by atoms with Crippen LogP contribution in [0.25, 0.3) is 94.0 Å². The molecule has 8 aromatic carbocycles. The number of imidazole rings is 1. The van der Waals surface area contributed by atoms with Crippen LogP contribution in [-0.2, 0) is 25.5 Å². The summed E-state index contributed by atoms with van der Waals surface area (Å²) in [7, 11) is -3.25. The second-order valence-electron chi connectivity index (χ2n) is 23.6. The normalized spacial score (nSPS) is 13.1. The fraction of sp³-hybridized carbons (Fsp3) is 0.254. The van der Waals surface area contributed by atoms with Crippen molar-refractivity contribution in [3.05, 3.63) is 186 Å². The minimum Gasteiger partial charge on any atom is -0.501 e. The summed E-state index contributed by atoms with van der Waals surface area (Å²) < 4.78 is 35.2. The maximum Gasteiger partial charge on any atom is 0.121 e. The zero-order valence-electron chi connectivity index (χ0n) is 48.2. The van der Waals surface area contributed by atoms with Gasteiger partial charge in [0, 0.05) is 41.5 Å². The first kappa shape index (κ1) is 48.7. The molecule has 0 unspecified atom stereocenters. The monoisotopic (exact) mass is 1180 g/mol. The van der Waals surface area contributed by atoms with E-state index in [1.54, 1.807) is 6.07 Å². The summed E-state index contributed by atoms with van der Waals surface area (Å²) in [5, 5.41) is 8.68. The first-order chi connectivity index (χ1) is 35.9. The van der Waals surface area contributed by atoms with Crippen LogP contribution in [0.1, 0.15) is 86.7 Å². The average Bonchev–Trinajstić information content (AvgIpc) is 4.06. The van der Waals surface area contributed by atoms with Gasteiger partial charge < -0.3 is 14.0 Å². The van der Waals surface area contributed by atoms with Crippen LogP contribution in [0.15, 0.2) is 156 Å². The Balaban J connectivity index is 0.000000364. The molecule has 0 amide bonds. The molecule has 0 atom stereocenters. The van der Waals surface area contributed by atoms with E-state index in [0.29, 0.717) is 27.9 Å². The molecule has 11 aromatic rings. The Morgan fingerprint density at radius 1 is 0.649 bits per heavy atom. The number of aromatic nitrogens is 3. The number of benzene rings is 8. The molecule has 0 aliphatic rings. The third-order valence-corrected chi connectivity index (χ3v) is 18.5. The molecule has 0 saturated heterocycles. The first-order valence-electron chi connectivity index (χ1n) is 27.4. The molecule has 0 aliphatic carbocycles. The Morgan fingerprint density at radius 3 is 1.95 bits per heavy atom. The molecule has 74 heavy (non-hydrogen) atoms. The topological polar surface area (TPSA) is 43.9 Å². The van der Waals surface area contributed by atoms with Gasteiger partial charge in [0.2, 0.25) is 0 Å². The number of hydrogen-bond acceptors (Lipinski definition) is 3. The summed E-state index contributed by atoms with van der Waals surface area (Å²) in [6, 6.07) is 57.7. The van der Waals surface area contributed by atoms with Gasteiger partial charge in [-0.1, -0.05) is 189 Å². The van der Waals surface area contributed by atoms with Crippen LogP contribution in [0.4, 0.5) is 0 Å². The van der Waals surface area contributed by atoms with Crippen LogP contribution in [0.5, 0.6) is 0 Å². The molecule has 7 heteroatoms. The van der Waals surface area contributed by atoms with Crippen LogP contribution in [0.2, 0.25) is 39.3 Å². The maximum atomic E-state index is 8.67. The van der Waals surface area contributed by atoms with Crippen molar-refractivity contribution in [3.63, 3.8) is 0 Å². The smallest absolute Gasteiger partial charge is 0.121 e. The predicted molar refractivity (Wildman–Crippen MR) is 319 cm³/mol. The quantitative estimate of drug-likeness (QED) is 0.0865. The van der Waals surface area contributed by atoms with Gasteiger partial charge in [0.05, 0.1) is 38.6 Å². The van der Waals surface area contributed by atoms with Gasteiger partial charge in [-0.15, -0.1) is 53.6 Å². The van der Waals surface area contributed by atoms with E-state index in [2.05, 4.69) is 206 Å². The summed E-state index contributed by atoms with van der Waals surface area (Å²) in [4.78, 5) is 9.76. The van der Waals surface area contributed by atoms with E-state index in [9.17, 15) is 0 Å². The second kappa shape index (κ2) is 20.1. The van der Waals surface area contributed by atoms with Crippen molar-refractivity contribution < 1.29 is 28.6 Å². The number of rotatable bonds is 8. The number of furan rings is 1. The molecule has 0 bridgehead atoms. The molecule has 0 fully saturated rings. The van der Waals surface area contributed by atoms with Gasteiger partial charge >= 0.3 is 0 Å². The standard InChI is InChI=1S/C52H53N2OSi2.C15H16N.Ir/c1-31(2)42-27-37(36-24-38(56(6,7)8)29-39(25-36)57(9,10)11)28-43(32(3)4)50(42)54-47-19-15-14-18-46(47)53-52(54)41-23-20-33(5)49-45-26-35-22-21-34-16-12-13-17-40(34)44(35)30-48(45)55-51(41)49;1-15(2,3)13-9-10-16-14(11-13)12-7-5-4-6-8-12;/h12-22,24-32H,1-11H3;4-7,9-11H,1-3H3;/q2*-1;/i5D3;;. The minimum atomic E-state index is -2.39.